The minimum Gasteiger partial charge on any atom is -0.496 e. The summed E-state index contributed by atoms with van der Waals surface area (Å²) in [5, 5.41) is 3.84. The molecule has 0 unspecified atom stereocenters. The van der Waals surface area contributed by atoms with Gasteiger partial charge >= 0.3 is 0 Å². The molecule has 0 aromatic heterocycles. The number of fused-ring (bicyclic) bond motifs is 12. The van der Waals surface area contributed by atoms with Crippen LogP contribution >= 0.6 is 0 Å². The van der Waals surface area contributed by atoms with Crippen LogP contribution in [0.2, 0.25) is 0 Å². The summed E-state index contributed by atoms with van der Waals surface area (Å²) in [6.45, 7) is 0.312. The Labute approximate surface area is 328 Å². The van der Waals surface area contributed by atoms with E-state index in [-0.39, 0.29) is 13.6 Å². The van der Waals surface area contributed by atoms with Gasteiger partial charge in [0.1, 0.15) is 11.5 Å². The van der Waals surface area contributed by atoms with E-state index in [0.717, 1.165) is 66.3 Å². The van der Waals surface area contributed by atoms with Gasteiger partial charge in [0.15, 0.2) is 58.5 Å². The first-order valence-corrected chi connectivity index (χ1v) is 18.3. The van der Waals surface area contributed by atoms with Crippen LogP contribution in [-0.2, 0) is 4.74 Å². The van der Waals surface area contributed by atoms with E-state index in [1.165, 1.54) is 0 Å². The summed E-state index contributed by atoms with van der Waals surface area (Å²) < 4.78 is 67.5. The van der Waals surface area contributed by atoms with E-state index in [4.69, 9.17) is 52.1 Å². The van der Waals surface area contributed by atoms with Gasteiger partial charge in [0, 0.05) is 59.3 Å². The zero-order valence-corrected chi connectivity index (χ0v) is 32.7. The molecule has 0 N–H and O–H groups in total. The molecule has 0 saturated heterocycles. The van der Waals surface area contributed by atoms with Crippen molar-refractivity contribution in [3.05, 3.63) is 71.8 Å². The van der Waals surface area contributed by atoms with Crippen molar-refractivity contribution >= 4 is 32.9 Å². The number of hydrogen-bond donors (Lipinski definition) is 0. The summed E-state index contributed by atoms with van der Waals surface area (Å²) in [4.78, 5) is 4.25. The molecule has 6 aromatic carbocycles. The molecule has 0 amide bonds. The minimum absolute atomic E-state index is 0.156. The van der Waals surface area contributed by atoms with Crippen molar-refractivity contribution in [2.75, 3.05) is 80.1 Å². The summed E-state index contributed by atoms with van der Waals surface area (Å²) in [5.74, 6) is 5.92. The van der Waals surface area contributed by atoms with Crippen LogP contribution in [0.15, 0.2) is 60.7 Å². The maximum absolute atomic E-state index is 7.65. The van der Waals surface area contributed by atoms with Crippen molar-refractivity contribution in [3.8, 4) is 79.7 Å². The highest BCUT2D eigenvalue weighted by Crippen LogP contribution is 2.61. The zero-order chi connectivity index (χ0) is 39.3. The Kier molecular flexibility index (Phi) is 7.94. The molecule has 0 radical (unpaired) electrons. The first-order chi connectivity index (χ1) is 27.8. The van der Waals surface area contributed by atoms with Gasteiger partial charge in [-0.25, -0.2) is 0 Å². The SMILES string of the molecule is COc1cc(OC)c2c(c1OC)[C@@H](O[C@H]1c3c(OC)c(OC)cc(OC)c3-c3ccc4cc5c(cc4c3N1C)OCO5)N(C)c1c-2ccc2cc3c(cc12)OCO3. The predicted molar refractivity (Wildman–Crippen MR) is 214 cm³/mol. The van der Waals surface area contributed by atoms with Gasteiger partial charge in [-0.1, -0.05) is 24.3 Å². The molecule has 0 spiro atoms. The fourth-order valence-electron chi connectivity index (χ4n) is 8.97. The second kappa shape index (κ2) is 13.0. The van der Waals surface area contributed by atoms with Crippen molar-refractivity contribution in [2.24, 2.45) is 0 Å². The Bertz CT molecular complexity index is 2480. The van der Waals surface area contributed by atoms with Crippen molar-refractivity contribution in [1.29, 1.82) is 0 Å². The normalized spacial score (nSPS) is 16.8. The van der Waals surface area contributed by atoms with Crippen LogP contribution in [0.3, 0.4) is 0 Å². The van der Waals surface area contributed by atoms with Gasteiger partial charge in [0.25, 0.3) is 0 Å². The number of rotatable bonds is 8. The van der Waals surface area contributed by atoms with Crippen molar-refractivity contribution in [1.82, 2.24) is 0 Å². The van der Waals surface area contributed by atoms with Crippen LogP contribution in [0.1, 0.15) is 23.6 Å². The van der Waals surface area contributed by atoms with E-state index < -0.39 is 12.5 Å². The number of benzene rings is 6. The van der Waals surface area contributed by atoms with E-state index >= 15 is 0 Å². The van der Waals surface area contributed by atoms with Gasteiger partial charge in [0.2, 0.25) is 13.6 Å². The molecule has 292 valence electrons. The molecule has 57 heavy (non-hydrogen) atoms. The van der Waals surface area contributed by atoms with Gasteiger partial charge in [-0.2, -0.15) is 0 Å². The van der Waals surface area contributed by atoms with Crippen LogP contribution in [0.4, 0.5) is 11.4 Å². The van der Waals surface area contributed by atoms with Crippen LogP contribution in [0.25, 0.3) is 43.8 Å². The summed E-state index contributed by atoms with van der Waals surface area (Å²) in [6, 6.07) is 20.1. The Hall–Kier alpha value is -6.60. The minimum atomic E-state index is -0.804. The lowest BCUT2D eigenvalue weighted by atomic mass is 9.86. The fourth-order valence-corrected chi connectivity index (χ4v) is 8.97. The number of ether oxygens (including phenoxy) is 11. The third-order valence-electron chi connectivity index (χ3n) is 11.4. The first-order valence-electron chi connectivity index (χ1n) is 18.3. The van der Waals surface area contributed by atoms with Crippen LogP contribution < -0.4 is 57.2 Å². The smallest absolute Gasteiger partial charge is 0.231 e. The van der Waals surface area contributed by atoms with E-state index in [2.05, 4.69) is 34.1 Å². The Balaban J connectivity index is 1.26. The third-order valence-corrected chi connectivity index (χ3v) is 11.4. The van der Waals surface area contributed by atoms with Gasteiger partial charge < -0.3 is 61.9 Å². The maximum atomic E-state index is 7.65. The van der Waals surface area contributed by atoms with Gasteiger partial charge in [0.05, 0.1) is 65.2 Å². The monoisotopic (exact) mass is 772 g/mol. The Morgan fingerprint density at radius 2 is 0.860 bits per heavy atom. The van der Waals surface area contributed by atoms with Crippen molar-refractivity contribution < 1.29 is 52.1 Å². The van der Waals surface area contributed by atoms with Crippen LogP contribution in [-0.4, -0.2) is 70.3 Å². The average molecular weight is 773 g/mol. The molecule has 13 heteroatoms. The lowest BCUT2D eigenvalue weighted by Gasteiger charge is -2.45. The lowest BCUT2D eigenvalue weighted by molar-refractivity contribution is -0.0166. The molecule has 13 nitrogen and oxygen atoms in total. The molecule has 2 atom stereocenters. The summed E-state index contributed by atoms with van der Waals surface area (Å²) in [7, 11) is 13.8. The second-order valence-electron chi connectivity index (χ2n) is 14.0. The van der Waals surface area contributed by atoms with Gasteiger partial charge in [-0.3, -0.25) is 0 Å². The number of anilines is 2. The quantitative estimate of drug-likeness (QED) is 0.148. The highest BCUT2D eigenvalue weighted by molar-refractivity contribution is 6.08. The standard InChI is InChI=1S/C44H40N2O11/c1-45-39-23(11-9-21-13-27-29(15-25(21)39)55-19-53-27)35-31(47-3)17-33(49-5)41(51-7)37(35)43(45)57-44-38-36(32(48-4)18-34(50-6)42(38)52-8)24-12-10-22-14-28-30(56-20-54-28)16-26(22)40(24)46(44)2/h9-18,43-44H,19-20H2,1-8H3/t43-,44+. The highest BCUT2D eigenvalue weighted by atomic mass is 16.7. The van der Waals surface area contributed by atoms with Crippen LogP contribution in [0, 0.1) is 0 Å². The lowest BCUT2D eigenvalue weighted by Crippen LogP contribution is -2.38. The molecule has 4 aliphatic rings. The summed E-state index contributed by atoms with van der Waals surface area (Å²) in [6.07, 6.45) is -1.61. The topological polar surface area (TPSA) is 108 Å². The van der Waals surface area contributed by atoms with Crippen LogP contribution in [0.5, 0.6) is 57.5 Å². The maximum Gasteiger partial charge on any atom is 0.231 e. The molecule has 0 bridgehead atoms. The molecule has 0 fully saturated rings. The molecule has 0 aliphatic carbocycles. The van der Waals surface area contributed by atoms with E-state index in [1.807, 2.05) is 50.5 Å². The fraction of sp³-hybridized carbons (Fsp3) is 0.273. The summed E-state index contributed by atoms with van der Waals surface area (Å²) >= 11 is 0. The first kappa shape index (κ1) is 34.9. The molecular weight excluding hydrogens is 732 g/mol. The second-order valence-corrected chi connectivity index (χ2v) is 14.0. The molecule has 0 saturated carbocycles. The Morgan fingerprint density at radius 3 is 1.23 bits per heavy atom. The average Bonchev–Trinajstić information content (AvgIpc) is 3.91. The highest BCUT2D eigenvalue weighted by Gasteiger charge is 2.44. The number of hydrogen-bond acceptors (Lipinski definition) is 13. The van der Waals surface area contributed by atoms with Crippen molar-refractivity contribution in [3.63, 3.8) is 0 Å². The van der Waals surface area contributed by atoms with Gasteiger partial charge in [-0.15, -0.1) is 0 Å². The van der Waals surface area contributed by atoms with Gasteiger partial charge in [-0.05, 0) is 35.0 Å². The number of nitrogens with zero attached hydrogens (tertiary/aromatic N) is 2. The third kappa shape index (κ3) is 4.84. The molecule has 4 aliphatic heterocycles. The molecule has 4 heterocycles. The Morgan fingerprint density at radius 1 is 0.474 bits per heavy atom. The number of methoxy groups -OCH3 is 6. The van der Waals surface area contributed by atoms with Crippen molar-refractivity contribution in [2.45, 2.75) is 12.5 Å². The zero-order valence-electron chi connectivity index (χ0n) is 32.7. The van der Waals surface area contributed by atoms with E-state index in [9.17, 15) is 0 Å². The predicted octanol–water partition coefficient (Wildman–Crippen LogP) is 8.45. The summed E-state index contributed by atoms with van der Waals surface area (Å²) in [5.41, 5.74) is 6.70. The molecular formula is C44H40N2O11. The molecule has 10 rings (SSSR count). The van der Waals surface area contributed by atoms with E-state index in [0.29, 0.717) is 57.5 Å². The molecule has 6 aromatic rings. The van der Waals surface area contributed by atoms with E-state index in [1.54, 1.807) is 42.7 Å². The largest absolute Gasteiger partial charge is 0.496 e.